The van der Waals surface area contributed by atoms with Crippen LogP contribution in [0.4, 0.5) is 0 Å². The number of rotatable bonds is 6. The van der Waals surface area contributed by atoms with E-state index in [1.54, 1.807) is 18.2 Å². The summed E-state index contributed by atoms with van der Waals surface area (Å²) in [5, 5.41) is 7.67. The zero-order chi connectivity index (χ0) is 18.0. The summed E-state index contributed by atoms with van der Waals surface area (Å²) in [6.45, 7) is 0.386. The smallest absolute Gasteiger partial charge is 0.264 e. The zero-order valence-corrected chi connectivity index (χ0v) is 14.7. The van der Waals surface area contributed by atoms with Crippen LogP contribution >= 0.6 is 15.9 Å². The molecule has 0 unspecified atom stereocenters. The molecule has 0 aliphatic carbocycles. The van der Waals surface area contributed by atoms with Crippen molar-refractivity contribution in [3.8, 4) is 0 Å². The van der Waals surface area contributed by atoms with Gasteiger partial charge in [-0.1, -0.05) is 15.9 Å². The van der Waals surface area contributed by atoms with E-state index >= 15 is 0 Å². The molecule has 8 nitrogen and oxygen atoms in total. The van der Waals surface area contributed by atoms with E-state index in [1.165, 1.54) is 6.07 Å². The molecule has 25 heavy (non-hydrogen) atoms. The number of hydrogen-bond donors (Lipinski definition) is 3. The van der Waals surface area contributed by atoms with E-state index in [0.29, 0.717) is 23.2 Å². The van der Waals surface area contributed by atoms with Gasteiger partial charge in [-0.05, 0) is 24.6 Å². The summed E-state index contributed by atoms with van der Waals surface area (Å²) in [6.07, 6.45) is 0.536. The van der Waals surface area contributed by atoms with Crippen molar-refractivity contribution >= 4 is 33.7 Å². The van der Waals surface area contributed by atoms with Gasteiger partial charge < -0.3 is 10.4 Å². The van der Waals surface area contributed by atoms with E-state index in [4.69, 9.17) is 0 Å². The van der Waals surface area contributed by atoms with Crippen LogP contribution in [0.15, 0.2) is 33.5 Å². The Bertz CT molecular complexity index is 902. The van der Waals surface area contributed by atoms with Crippen molar-refractivity contribution in [2.75, 3.05) is 6.54 Å². The van der Waals surface area contributed by atoms with Crippen LogP contribution in [0.3, 0.4) is 0 Å². The van der Waals surface area contributed by atoms with Gasteiger partial charge in [0.05, 0.1) is 23.4 Å². The highest BCUT2D eigenvalue weighted by Crippen LogP contribution is 2.26. The molecule has 3 rings (SSSR count). The molecule has 1 aromatic carbocycles. The van der Waals surface area contributed by atoms with Crippen molar-refractivity contribution in [2.24, 2.45) is 0 Å². The maximum atomic E-state index is 12.3. The molecule has 1 aliphatic heterocycles. The third kappa shape index (κ3) is 3.71. The van der Waals surface area contributed by atoms with Gasteiger partial charge in [0, 0.05) is 23.5 Å². The van der Waals surface area contributed by atoms with E-state index < -0.39 is 0 Å². The Balaban J connectivity index is 1.49. The number of fused-ring (bicyclic) bond motifs is 1. The Kier molecular flexibility index (Phi) is 4.84. The molecule has 1 aliphatic rings. The molecule has 2 heterocycles. The largest absolute Gasteiger partial charge is 0.350 e. The maximum absolute atomic E-state index is 12.3. The number of amides is 3. The molecular weight excluding hydrogens is 392 g/mol. The number of aromatic nitrogens is 2. The van der Waals surface area contributed by atoms with Crippen molar-refractivity contribution in [1.29, 1.82) is 0 Å². The predicted molar refractivity (Wildman–Crippen MR) is 92.0 cm³/mol. The first-order valence-electron chi connectivity index (χ1n) is 7.64. The quantitative estimate of drug-likeness (QED) is 0.624. The molecule has 3 amide bonds. The van der Waals surface area contributed by atoms with Crippen LogP contribution in [0, 0.1) is 0 Å². The first-order chi connectivity index (χ1) is 12.0. The van der Waals surface area contributed by atoms with Crippen LogP contribution in [0.2, 0.25) is 0 Å². The number of imide groups is 1. The van der Waals surface area contributed by atoms with Crippen LogP contribution in [0.5, 0.6) is 0 Å². The topological polar surface area (TPSA) is 115 Å². The normalized spacial score (nSPS) is 13.2. The van der Waals surface area contributed by atoms with Gasteiger partial charge in [-0.25, -0.2) is 0 Å². The van der Waals surface area contributed by atoms with Crippen LogP contribution < -0.4 is 10.9 Å². The second-order valence-corrected chi connectivity index (χ2v) is 6.53. The van der Waals surface area contributed by atoms with Crippen molar-refractivity contribution in [3.05, 3.63) is 55.9 Å². The highest BCUT2D eigenvalue weighted by molar-refractivity contribution is 9.10. The fourth-order valence-electron chi connectivity index (χ4n) is 2.61. The average Bonchev–Trinajstić information content (AvgIpc) is 3.09. The van der Waals surface area contributed by atoms with Crippen molar-refractivity contribution < 1.29 is 14.4 Å². The summed E-state index contributed by atoms with van der Waals surface area (Å²) >= 11 is 3.28. The van der Waals surface area contributed by atoms with E-state index in [1.807, 2.05) is 0 Å². The summed E-state index contributed by atoms with van der Waals surface area (Å²) in [5.41, 5.74) is 1.07. The van der Waals surface area contributed by atoms with Crippen LogP contribution in [0.25, 0.3) is 0 Å². The monoisotopic (exact) mass is 406 g/mol. The molecule has 9 heteroatoms. The Morgan fingerprint density at radius 3 is 2.56 bits per heavy atom. The van der Waals surface area contributed by atoms with E-state index in [-0.39, 0.29) is 42.8 Å². The van der Waals surface area contributed by atoms with Crippen molar-refractivity contribution in [1.82, 2.24) is 20.4 Å². The zero-order valence-electron chi connectivity index (χ0n) is 13.1. The summed E-state index contributed by atoms with van der Waals surface area (Å²) < 4.78 is 0.733. The molecule has 0 atom stereocenters. The lowest BCUT2D eigenvalue weighted by atomic mass is 10.1. The third-order valence-electron chi connectivity index (χ3n) is 3.85. The number of nitrogens with zero attached hydrogens (tertiary/aromatic N) is 1. The highest BCUT2D eigenvalue weighted by Gasteiger charge is 2.35. The molecule has 1 aromatic heterocycles. The average molecular weight is 407 g/mol. The van der Waals surface area contributed by atoms with E-state index in [0.717, 1.165) is 9.37 Å². The van der Waals surface area contributed by atoms with Crippen LogP contribution in [-0.2, 0) is 11.3 Å². The van der Waals surface area contributed by atoms with Gasteiger partial charge in [0.15, 0.2) is 0 Å². The SMILES string of the molecule is O=C(CCCN1C(=O)c2ccc(Br)cc2C1=O)NCc1cc(=O)[nH][nH]1. The van der Waals surface area contributed by atoms with Gasteiger partial charge in [0.25, 0.3) is 17.4 Å². The fourth-order valence-corrected chi connectivity index (χ4v) is 2.97. The maximum Gasteiger partial charge on any atom is 0.264 e. The molecule has 130 valence electrons. The summed E-state index contributed by atoms with van der Waals surface area (Å²) in [4.78, 5) is 48.5. The molecule has 0 fully saturated rings. The molecule has 2 aromatic rings. The Hall–Kier alpha value is -2.68. The minimum absolute atomic E-state index is 0.172. The van der Waals surface area contributed by atoms with Gasteiger partial charge >= 0.3 is 0 Å². The van der Waals surface area contributed by atoms with E-state index in [9.17, 15) is 19.2 Å². The van der Waals surface area contributed by atoms with Gasteiger partial charge in [0.2, 0.25) is 5.91 Å². The number of carbonyl (C=O) groups is 3. The Morgan fingerprint density at radius 1 is 1.08 bits per heavy atom. The Morgan fingerprint density at radius 2 is 1.84 bits per heavy atom. The predicted octanol–water partition coefficient (Wildman–Crippen LogP) is 1.16. The van der Waals surface area contributed by atoms with Gasteiger partial charge in [0.1, 0.15) is 0 Å². The van der Waals surface area contributed by atoms with Crippen molar-refractivity contribution in [2.45, 2.75) is 19.4 Å². The van der Waals surface area contributed by atoms with E-state index in [2.05, 4.69) is 31.4 Å². The fraction of sp³-hybridized carbons (Fsp3) is 0.250. The molecule has 0 spiro atoms. The van der Waals surface area contributed by atoms with Gasteiger partial charge in [-0.3, -0.25) is 29.2 Å². The number of carbonyl (C=O) groups excluding carboxylic acids is 3. The van der Waals surface area contributed by atoms with Gasteiger partial charge in [-0.15, -0.1) is 0 Å². The first-order valence-corrected chi connectivity index (χ1v) is 8.44. The number of hydrogen-bond acceptors (Lipinski definition) is 4. The molecular formula is C16H15BrN4O4. The van der Waals surface area contributed by atoms with Gasteiger partial charge in [-0.2, -0.15) is 0 Å². The van der Waals surface area contributed by atoms with Crippen LogP contribution in [0.1, 0.15) is 39.3 Å². The Labute approximate surface area is 150 Å². The number of aromatic amines is 2. The number of nitrogens with one attached hydrogen (secondary N) is 3. The number of halogens is 1. The molecule has 0 radical (unpaired) electrons. The lowest BCUT2D eigenvalue weighted by molar-refractivity contribution is -0.121. The third-order valence-corrected chi connectivity index (χ3v) is 4.34. The van der Waals surface area contributed by atoms with Crippen molar-refractivity contribution in [3.63, 3.8) is 0 Å². The molecule has 0 saturated heterocycles. The minimum Gasteiger partial charge on any atom is -0.350 e. The highest BCUT2D eigenvalue weighted by atomic mass is 79.9. The lowest BCUT2D eigenvalue weighted by Gasteiger charge is -2.13. The summed E-state index contributed by atoms with van der Waals surface area (Å²) in [6, 6.07) is 6.31. The lowest BCUT2D eigenvalue weighted by Crippen LogP contribution is -2.32. The number of H-pyrrole nitrogens is 2. The molecule has 0 bridgehead atoms. The number of benzene rings is 1. The minimum atomic E-state index is -0.341. The standard InChI is InChI=1S/C16H15BrN4O4/c17-9-3-4-11-12(6-9)16(25)21(15(11)24)5-1-2-13(22)18-8-10-7-14(23)20-19-10/h3-4,6-7H,1-2,5,8H2,(H,18,22)(H2,19,20,23). The first kappa shape index (κ1) is 17.2. The summed E-state index contributed by atoms with van der Waals surface area (Å²) in [7, 11) is 0. The summed E-state index contributed by atoms with van der Waals surface area (Å²) in [5.74, 6) is -0.897. The second-order valence-electron chi connectivity index (χ2n) is 5.62. The molecule has 0 saturated carbocycles. The second kappa shape index (κ2) is 7.06. The molecule has 3 N–H and O–H groups in total. The van der Waals surface area contributed by atoms with Crippen LogP contribution in [-0.4, -0.2) is 39.4 Å².